The summed E-state index contributed by atoms with van der Waals surface area (Å²) in [6.45, 7) is 2.88. The molecule has 2 aromatic rings. The number of ether oxygens (including phenoxy) is 1. The van der Waals surface area contributed by atoms with Crippen LogP contribution in [0.1, 0.15) is 17.0 Å². The van der Waals surface area contributed by atoms with Gasteiger partial charge in [-0.05, 0) is 30.2 Å². The van der Waals surface area contributed by atoms with Gasteiger partial charge >= 0.3 is 0 Å². The van der Waals surface area contributed by atoms with Gasteiger partial charge < -0.3 is 10.5 Å². The van der Waals surface area contributed by atoms with Crippen LogP contribution in [0.5, 0.6) is 5.75 Å². The van der Waals surface area contributed by atoms with Gasteiger partial charge in [-0.2, -0.15) is 0 Å². The highest BCUT2D eigenvalue weighted by Gasteiger charge is 2.02. The molecular formula is C13H15N3O. The molecule has 0 saturated heterocycles. The highest BCUT2D eigenvalue weighted by molar-refractivity contribution is 5.36. The van der Waals surface area contributed by atoms with Crippen LogP contribution in [0, 0.1) is 6.92 Å². The Hall–Kier alpha value is -1.94. The number of rotatable bonds is 4. The molecule has 1 aromatic carbocycles. The fraction of sp³-hybridized carbons (Fsp3) is 0.231. The van der Waals surface area contributed by atoms with Crippen LogP contribution in [0.25, 0.3) is 0 Å². The smallest absolute Gasteiger partial charge is 0.166 e. The van der Waals surface area contributed by atoms with Gasteiger partial charge in [-0.3, -0.25) is 0 Å². The lowest BCUT2D eigenvalue weighted by Crippen LogP contribution is -2.03. The van der Waals surface area contributed by atoms with Crippen molar-refractivity contribution in [3.8, 4) is 5.75 Å². The molecule has 88 valence electrons. The highest BCUT2D eigenvalue weighted by atomic mass is 16.5. The fourth-order valence-corrected chi connectivity index (χ4v) is 1.47. The third-order valence-corrected chi connectivity index (χ3v) is 2.46. The first kappa shape index (κ1) is 11.5. The molecule has 4 nitrogen and oxygen atoms in total. The number of aryl methyl sites for hydroxylation is 1. The fourth-order valence-electron chi connectivity index (χ4n) is 1.47. The van der Waals surface area contributed by atoms with Gasteiger partial charge in [0.25, 0.3) is 0 Å². The first-order chi connectivity index (χ1) is 8.29. The molecule has 17 heavy (non-hydrogen) atoms. The first-order valence-corrected chi connectivity index (χ1v) is 5.48. The summed E-state index contributed by atoms with van der Waals surface area (Å²) >= 11 is 0. The molecule has 0 aliphatic heterocycles. The van der Waals surface area contributed by atoms with Gasteiger partial charge in [0.15, 0.2) is 5.82 Å². The van der Waals surface area contributed by atoms with Crippen LogP contribution in [0.15, 0.2) is 36.7 Å². The average molecular weight is 229 g/mol. The van der Waals surface area contributed by atoms with E-state index < -0.39 is 0 Å². The summed E-state index contributed by atoms with van der Waals surface area (Å²) in [5.74, 6) is 1.51. The summed E-state index contributed by atoms with van der Waals surface area (Å²) in [6, 6.07) is 7.74. The number of aromatic nitrogens is 2. The summed E-state index contributed by atoms with van der Waals surface area (Å²) in [5.41, 5.74) is 7.73. The van der Waals surface area contributed by atoms with Crippen LogP contribution in [0.2, 0.25) is 0 Å². The molecule has 0 atom stereocenters. The van der Waals surface area contributed by atoms with Crippen LogP contribution in [-0.4, -0.2) is 9.97 Å². The molecule has 2 N–H and O–H groups in total. The number of nitrogens with zero attached hydrogens (tertiary/aromatic N) is 2. The van der Waals surface area contributed by atoms with E-state index in [-0.39, 0.29) is 0 Å². The van der Waals surface area contributed by atoms with E-state index in [0.29, 0.717) is 19.0 Å². The SMILES string of the molecule is Cc1ccc(CN)cc1OCc1ncccn1. The Morgan fingerprint density at radius 2 is 2.00 bits per heavy atom. The maximum absolute atomic E-state index is 5.68. The van der Waals surface area contributed by atoms with Crippen molar-refractivity contribution in [1.82, 2.24) is 9.97 Å². The second-order valence-corrected chi connectivity index (χ2v) is 3.76. The molecule has 0 unspecified atom stereocenters. The van der Waals surface area contributed by atoms with E-state index in [0.717, 1.165) is 16.9 Å². The molecule has 2 rings (SSSR count). The summed E-state index contributed by atoms with van der Waals surface area (Å²) in [7, 11) is 0. The standard InChI is InChI=1S/C13H15N3O/c1-10-3-4-11(8-14)7-12(10)17-9-13-15-5-2-6-16-13/h2-7H,8-9,14H2,1H3. The number of benzene rings is 1. The molecule has 0 bridgehead atoms. The Morgan fingerprint density at radius 1 is 1.24 bits per heavy atom. The molecule has 0 spiro atoms. The van der Waals surface area contributed by atoms with Crippen LogP contribution in [0.4, 0.5) is 0 Å². The van der Waals surface area contributed by atoms with Crippen molar-refractivity contribution in [2.24, 2.45) is 5.73 Å². The van der Waals surface area contributed by atoms with Gasteiger partial charge in [-0.25, -0.2) is 9.97 Å². The Balaban J connectivity index is 2.08. The number of hydrogen-bond acceptors (Lipinski definition) is 4. The summed E-state index contributed by atoms with van der Waals surface area (Å²) in [5, 5.41) is 0. The zero-order valence-corrected chi connectivity index (χ0v) is 9.76. The van der Waals surface area contributed by atoms with Crippen molar-refractivity contribution in [3.05, 3.63) is 53.6 Å². The lowest BCUT2D eigenvalue weighted by Gasteiger charge is -2.09. The summed E-state index contributed by atoms with van der Waals surface area (Å²) < 4.78 is 5.68. The molecule has 0 fully saturated rings. The topological polar surface area (TPSA) is 61.0 Å². The summed E-state index contributed by atoms with van der Waals surface area (Å²) in [4.78, 5) is 8.21. The van der Waals surface area contributed by atoms with Crippen molar-refractivity contribution in [2.45, 2.75) is 20.1 Å². The molecule has 0 aliphatic carbocycles. The average Bonchev–Trinajstić information content (AvgIpc) is 2.39. The molecule has 0 amide bonds. The van der Waals surface area contributed by atoms with Crippen molar-refractivity contribution in [2.75, 3.05) is 0 Å². The Morgan fingerprint density at radius 3 is 2.71 bits per heavy atom. The van der Waals surface area contributed by atoms with Gasteiger partial charge in [0.1, 0.15) is 12.4 Å². The first-order valence-electron chi connectivity index (χ1n) is 5.48. The van der Waals surface area contributed by atoms with E-state index in [4.69, 9.17) is 10.5 Å². The minimum Gasteiger partial charge on any atom is -0.485 e. The Labute approximate surface area is 100 Å². The highest BCUT2D eigenvalue weighted by Crippen LogP contribution is 2.20. The van der Waals surface area contributed by atoms with E-state index in [1.165, 1.54) is 0 Å². The van der Waals surface area contributed by atoms with Crippen LogP contribution >= 0.6 is 0 Å². The Kier molecular flexibility index (Phi) is 3.67. The van der Waals surface area contributed by atoms with Crippen LogP contribution in [-0.2, 0) is 13.2 Å². The lowest BCUT2D eigenvalue weighted by atomic mass is 10.1. The van der Waals surface area contributed by atoms with E-state index in [1.54, 1.807) is 18.5 Å². The van der Waals surface area contributed by atoms with Crippen molar-refractivity contribution in [1.29, 1.82) is 0 Å². The normalized spacial score (nSPS) is 10.2. The number of hydrogen-bond donors (Lipinski definition) is 1. The van der Waals surface area contributed by atoms with Gasteiger partial charge in [-0.1, -0.05) is 12.1 Å². The predicted octanol–water partition coefficient (Wildman–Crippen LogP) is 1.82. The third kappa shape index (κ3) is 3.01. The maximum atomic E-state index is 5.68. The van der Waals surface area contributed by atoms with Gasteiger partial charge in [0.2, 0.25) is 0 Å². The van der Waals surface area contributed by atoms with E-state index in [9.17, 15) is 0 Å². The quantitative estimate of drug-likeness (QED) is 0.868. The Bertz CT molecular complexity index is 485. The van der Waals surface area contributed by atoms with Crippen LogP contribution in [0.3, 0.4) is 0 Å². The zero-order chi connectivity index (χ0) is 12.1. The van der Waals surface area contributed by atoms with Gasteiger partial charge in [-0.15, -0.1) is 0 Å². The lowest BCUT2D eigenvalue weighted by molar-refractivity contribution is 0.293. The molecular weight excluding hydrogens is 214 g/mol. The molecule has 0 aliphatic rings. The van der Waals surface area contributed by atoms with Gasteiger partial charge in [0, 0.05) is 18.9 Å². The van der Waals surface area contributed by atoms with Gasteiger partial charge in [0.05, 0.1) is 0 Å². The second-order valence-electron chi connectivity index (χ2n) is 3.76. The zero-order valence-electron chi connectivity index (χ0n) is 9.76. The van der Waals surface area contributed by atoms with Crippen LogP contribution < -0.4 is 10.5 Å². The largest absolute Gasteiger partial charge is 0.485 e. The minimum atomic E-state index is 0.371. The van der Waals surface area contributed by atoms with Crippen molar-refractivity contribution >= 4 is 0 Å². The molecule has 0 saturated carbocycles. The summed E-state index contributed by atoms with van der Waals surface area (Å²) in [6.07, 6.45) is 3.41. The van der Waals surface area contributed by atoms with Crippen molar-refractivity contribution < 1.29 is 4.74 Å². The van der Waals surface area contributed by atoms with E-state index in [2.05, 4.69) is 9.97 Å². The molecule has 0 radical (unpaired) electrons. The second kappa shape index (κ2) is 5.41. The monoisotopic (exact) mass is 229 g/mol. The number of nitrogens with two attached hydrogens (primary N) is 1. The third-order valence-electron chi connectivity index (χ3n) is 2.46. The molecule has 4 heteroatoms. The maximum Gasteiger partial charge on any atom is 0.166 e. The molecule has 1 aromatic heterocycles. The minimum absolute atomic E-state index is 0.371. The van der Waals surface area contributed by atoms with E-state index in [1.807, 2.05) is 25.1 Å². The molecule has 1 heterocycles. The van der Waals surface area contributed by atoms with Crippen molar-refractivity contribution in [3.63, 3.8) is 0 Å². The predicted molar refractivity (Wildman–Crippen MR) is 65.4 cm³/mol. The van der Waals surface area contributed by atoms with E-state index >= 15 is 0 Å².